The first kappa shape index (κ1) is 31.7. The monoisotopic (exact) mass is 434 g/mol. The number of esters is 1. The van der Waals surface area contributed by atoms with Crippen LogP contribution < -0.4 is 0 Å². The Morgan fingerprint density at radius 1 is 0.897 bits per heavy atom. The van der Waals surface area contributed by atoms with E-state index in [2.05, 4.69) is 0 Å². The van der Waals surface area contributed by atoms with Crippen molar-refractivity contribution in [3.63, 3.8) is 0 Å². The van der Waals surface area contributed by atoms with Gasteiger partial charge in [-0.3, -0.25) is 19.2 Å². The Kier molecular flexibility index (Phi) is 15.4. The number of carbonyl (C=O) groups excluding carboxylic acids is 1. The van der Waals surface area contributed by atoms with Crippen molar-refractivity contribution in [2.75, 3.05) is 27.7 Å². The molecule has 0 radical (unpaired) electrons. The molecule has 0 aliphatic carbocycles. The summed E-state index contributed by atoms with van der Waals surface area (Å²) in [7, 11) is 5.78. The van der Waals surface area contributed by atoms with Crippen LogP contribution in [0.25, 0.3) is 0 Å². The Balaban J connectivity index is -0.000000455. The van der Waals surface area contributed by atoms with Crippen LogP contribution in [0.4, 0.5) is 0 Å². The van der Waals surface area contributed by atoms with E-state index in [-0.39, 0.29) is 41.9 Å². The molecular weight excluding hydrogens is 406 g/mol. The van der Waals surface area contributed by atoms with E-state index in [9.17, 15) is 24.0 Å². The molecule has 0 spiro atoms. The predicted molar refractivity (Wildman–Crippen MR) is 98.2 cm³/mol. The molecule has 1 atom stereocenters. The number of aliphatic hydroxyl groups is 1. The van der Waals surface area contributed by atoms with Crippen LogP contribution in [-0.2, 0) is 28.7 Å². The molecule has 0 unspecified atom stereocenters. The van der Waals surface area contributed by atoms with Crippen molar-refractivity contribution >= 4 is 52.9 Å². The van der Waals surface area contributed by atoms with Gasteiger partial charge in [0.15, 0.2) is 11.7 Å². The van der Waals surface area contributed by atoms with Crippen molar-refractivity contribution in [1.82, 2.24) is 0 Å². The first-order chi connectivity index (χ1) is 12.5. The third-order valence-corrected chi connectivity index (χ3v) is 3.03. The van der Waals surface area contributed by atoms with Crippen molar-refractivity contribution < 1.29 is 58.7 Å². The first-order valence-electron chi connectivity index (χ1n) is 8.13. The average Bonchev–Trinajstić information content (AvgIpc) is 2.43. The number of quaternary nitrogens is 1. The van der Waals surface area contributed by atoms with Crippen molar-refractivity contribution in [2.45, 2.75) is 44.3 Å². The van der Waals surface area contributed by atoms with E-state index in [1.165, 1.54) is 0 Å². The summed E-state index contributed by atoms with van der Waals surface area (Å²) in [5.74, 6) is -6.32. The second-order valence-corrected chi connectivity index (χ2v) is 7.01. The zero-order valence-corrected chi connectivity index (χ0v) is 18.4. The molecule has 0 heterocycles. The molecule has 0 aliphatic rings. The number of ether oxygens (including phenoxy) is 1. The average molecular weight is 435 g/mol. The molecule has 0 aromatic rings. The van der Waals surface area contributed by atoms with Gasteiger partial charge in [-0.25, -0.2) is 4.79 Å². The van der Waals surface area contributed by atoms with Gasteiger partial charge in [-0.05, 0) is 0 Å². The summed E-state index contributed by atoms with van der Waals surface area (Å²) in [6, 6.07) is 0. The Labute approximate surface area is 183 Å². The van der Waals surface area contributed by atoms with Crippen LogP contribution in [0.15, 0.2) is 0 Å². The molecule has 29 heavy (non-hydrogen) atoms. The molecule has 12 nitrogen and oxygen atoms in total. The zero-order chi connectivity index (χ0) is 22.7. The van der Waals surface area contributed by atoms with Gasteiger partial charge in [0.05, 0.1) is 40.4 Å². The summed E-state index contributed by atoms with van der Waals surface area (Å²) >= 11 is 0. The molecule has 13 heteroatoms. The van der Waals surface area contributed by atoms with E-state index >= 15 is 0 Å². The van der Waals surface area contributed by atoms with E-state index in [0.29, 0.717) is 11.0 Å². The van der Waals surface area contributed by atoms with Gasteiger partial charge >= 0.3 is 52.9 Å². The fraction of sp³-hybridized carbons (Fsp3) is 0.688. The molecule has 0 amide bonds. The molecule has 0 aromatic heterocycles. The van der Waals surface area contributed by atoms with E-state index in [4.69, 9.17) is 30.3 Å². The third kappa shape index (κ3) is 17.8. The number of hydrogen-bond donors (Lipinski definition) is 5. The molecule has 0 saturated carbocycles. The maximum absolute atomic E-state index is 11.1. The normalized spacial score (nSPS) is 11.8. The number of carbonyl (C=O) groups is 5. The molecular formula is C16H28MgNO11+3. The topological polar surface area (TPSA) is 196 Å². The Bertz CT molecular complexity index is 570. The smallest absolute Gasteiger partial charge is 0.481 e. The van der Waals surface area contributed by atoms with Crippen molar-refractivity contribution in [1.29, 1.82) is 0 Å². The van der Waals surface area contributed by atoms with E-state index in [1.807, 2.05) is 21.1 Å². The molecule has 162 valence electrons. The van der Waals surface area contributed by atoms with E-state index in [1.54, 1.807) is 6.92 Å². The third-order valence-electron chi connectivity index (χ3n) is 3.03. The second-order valence-electron chi connectivity index (χ2n) is 7.01. The molecule has 0 fully saturated rings. The number of carboxylic acid groups (broad SMARTS) is 4. The van der Waals surface area contributed by atoms with E-state index in [0.717, 1.165) is 0 Å². The second kappa shape index (κ2) is 14.1. The number of aliphatic carboxylic acids is 4. The van der Waals surface area contributed by atoms with Gasteiger partial charge in [0, 0.05) is 6.42 Å². The maximum atomic E-state index is 11.1. The minimum atomic E-state index is -2.74. The quantitative estimate of drug-likeness (QED) is 0.150. The van der Waals surface area contributed by atoms with Crippen molar-refractivity contribution in [2.24, 2.45) is 0 Å². The zero-order valence-electron chi connectivity index (χ0n) is 17.0. The van der Waals surface area contributed by atoms with Crippen LogP contribution >= 0.6 is 0 Å². The van der Waals surface area contributed by atoms with Crippen LogP contribution in [-0.4, -0.2) is 122 Å². The molecule has 0 aromatic carbocycles. The van der Waals surface area contributed by atoms with Crippen LogP contribution in [0.3, 0.4) is 0 Å². The molecule has 5 N–H and O–H groups in total. The fourth-order valence-electron chi connectivity index (χ4n) is 1.93. The van der Waals surface area contributed by atoms with Gasteiger partial charge in [0.25, 0.3) is 0 Å². The maximum Gasteiger partial charge on any atom is 2.00 e. The number of likely N-dealkylation sites (N-methyl/N-ethyl adjacent to an activating group) is 1. The SMILES string of the molecule is CCC(=O)O[C@H](CC(=O)O)C[N+](C)(C)C.O=C(O)CC(O)(CC(=O)O)C(=O)O.[Mg+2]. The van der Waals surface area contributed by atoms with Gasteiger partial charge < -0.3 is 34.8 Å². The van der Waals surface area contributed by atoms with Crippen molar-refractivity contribution in [3.05, 3.63) is 0 Å². The van der Waals surface area contributed by atoms with Crippen LogP contribution in [0.1, 0.15) is 32.6 Å². The summed E-state index contributed by atoms with van der Waals surface area (Å²) in [5.41, 5.74) is -2.74. The first-order valence-corrected chi connectivity index (χ1v) is 8.13. The number of nitrogens with zero attached hydrogens (tertiary/aromatic N) is 1. The van der Waals surface area contributed by atoms with Crippen molar-refractivity contribution in [3.8, 4) is 0 Å². The van der Waals surface area contributed by atoms with Gasteiger partial charge in [0.2, 0.25) is 0 Å². The minimum absolute atomic E-state index is 0. The van der Waals surface area contributed by atoms with Crippen LogP contribution in [0, 0.1) is 0 Å². The summed E-state index contributed by atoms with van der Waals surface area (Å²) in [6.45, 7) is 2.18. The molecule has 0 aliphatic heterocycles. The Morgan fingerprint density at radius 2 is 1.31 bits per heavy atom. The molecule has 0 saturated heterocycles. The Morgan fingerprint density at radius 3 is 1.55 bits per heavy atom. The van der Waals surface area contributed by atoms with Gasteiger partial charge in [-0.2, -0.15) is 0 Å². The van der Waals surface area contributed by atoms with Gasteiger partial charge in [-0.15, -0.1) is 0 Å². The number of rotatable bonds is 11. The summed E-state index contributed by atoms with van der Waals surface area (Å²) < 4.78 is 5.62. The Hall–Kier alpha value is -1.96. The van der Waals surface area contributed by atoms with E-state index < -0.39 is 48.4 Å². The number of hydrogen-bond acceptors (Lipinski definition) is 7. The summed E-state index contributed by atoms with van der Waals surface area (Å²) in [5, 5.41) is 42.5. The predicted octanol–water partition coefficient (Wildman–Crippen LogP) is -1.14. The molecule has 0 rings (SSSR count). The largest absolute Gasteiger partial charge is 2.00 e. The van der Waals surface area contributed by atoms with Gasteiger partial charge in [0.1, 0.15) is 6.54 Å². The fourth-order valence-corrected chi connectivity index (χ4v) is 1.93. The van der Waals surface area contributed by atoms with Crippen LogP contribution in [0.5, 0.6) is 0 Å². The number of carboxylic acids is 4. The molecule has 0 bridgehead atoms. The minimum Gasteiger partial charge on any atom is -0.481 e. The van der Waals surface area contributed by atoms with Crippen LogP contribution in [0.2, 0.25) is 0 Å². The summed E-state index contributed by atoms with van der Waals surface area (Å²) in [6.07, 6.45) is -2.70. The standard InChI is InChI=1S/C10H19NO4.C6H8O7.Mg/c1-5-10(14)15-8(6-9(12)13)7-11(2,3)4;7-3(8)1-6(13,5(11)12)2-4(9)10;/h8H,5-7H2,1-4H3;13H,1-2H2,(H,7,8)(H,9,10)(H,11,12);/q;;+2/p+1/t8-;;/m1../s1. The van der Waals surface area contributed by atoms with Gasteiger partial charge in [-0.1, -0.05) is 6.92 Å². The summed E-state index contributed by atoms with van der Waals surface area (Å²) in [4.78, 5) is 52.1.